The van der Waals surface area contributed by atoms with Gasteiger partial charge in [0.1, 0.15) is 5.69 Å². The molecule has 0 saturated carbocycles. The number of methoxy groups -OCH3 is 1. The number of hydrogen-bond acceptors (Lipinski definition) is 6. The molecule has 2 aromatic carbocycles. The highest BCUT2D eigenvalue weighted by atomic mass is 35.5. The van der Waals surface area contributed by atoms with Crippen LogP contribution in [0.15, 0.2) is 53.9 Å². The second-order valence-electron chi connectivity index (χ2n) is 5.16. The molecule has 0 saturated heterocycles. The summed E-state index contributed by atoms with van der Waals surface area (Å²) in [7, 11) is 1.29. The van der Waals surface area contributed by atoms with Crippen LogP contribution in [0.2, 0.25) is 5.02 Å². The topological polar surface area (TPSA) is 80.3 Å². The van der Waals surface area contributed by atoms with Gasteiger partial charge in [0.05, 0.1) is 18.4 Å². The molecule has 3 aromatic rings. The van der Waals surface area contributed by atoms with Crippen LogP contribution in [0, 0.1) is 0 Å². The summed E-state index contributed by atoms with van der Waals surface area (Å²) in [4.78, 5) is 28.5. The van der Waals surface area contributed by atoms with E-state index in [1.54, 1.807) is 41.8 Å². The Hall–Kier alpha value is -2.90. The van der Waals surface area contributed by atoms with Crippen molar-refractivity contribution in [3.63, 3.8) is 0 Å². The van der Waals surface area contributed by atoms with Crippen molar-refractivity contribution < 1.29 is 14.3 Å². The van der Waals surface area contributed by atoms with E-state index in [1.807, 2.05) is 12.1 Å². The average molecular weight is 388 g/mol. The predicted octanol–water partition coefficient (Wildman–Crippen LogP) is 4.58. The molecular formula is C18H14ClN3O3S. The number of thiazole rings is 1. The van der Waals surface area contributed by atoms with Gasteiger partial charge in [-0.05, 0) is 30.3 Å². The van der Waals surface area contributed by atoms with Crippen LogP contribution in [0.25, 0.3) is 0 Å². The molecule has 1 amide bonds. The van der Waals surface area contributed by atoms with Crippen molar-refractivity contribution >= 4 is 51.3 Å². The van der Waals surface area contributed by atoms with E-state index in [9.17, 15) is 9.59 Å². The lowest BCUT2D eigenvalue weighted by molar-refractivity contribution is 0.0602. The third kappa shape index (κ3) is 4.19. The number of benzene rings is 2. The van der Waals surface area contributed by atoms with E-state index >= 15 is 0 Å². The molecular weight excluding hydrogens is 374 g/mol. The molecule has 1 aromatic heterocycles. The van der Waals surface area contributed by atoms with Gasteiger partial charge in [-0.25, -0.2) is 9.78 Å². The Bertz CT molecular complexity index is 958. The van der Waals surface area contributed by atoms with Gasteiger partial charge >= 0.3 is 5.97 Å². The number of para-hydroxylation sites is 1. The Morgan fingerprint density at radius 3 is 2.73 bits per heavy atom. The number of carbonyl (C=O) groups excluding carboxylic acids is 2. The molecule has 0 aliphatic rings. The molecule has 0 spiro atoms. The highest BCUT2D eigenvalue weighted by Crippen LogP contribution is 2.24. The van der Waals surface area contributed by atoms with E-state index < -0.39 is 11.9 Å². The van der Waals surface area contributed by atoms with Gasteiger partial charge in [0.2, 0.25) is 0 Å². The van der Waals surface area contributed by atoms with E-state index in [4.69, 9.17) is 16.3 Å². The number of nitrogens with one attached hydrogen (secondary N) is 2. The van der Waals surface area contributed by atoms with Crippen LogP contribution in [0.5, 0.6) is 0 Å². The summed E-state index contributed by atoms with van der Waals surface area (Å²) in [6.45, 7) is 0. The quantitative estimate of drug-likeness (QED) is 0.626. The molecule has 2 N–H and O–H groups in total. The van der Waals surface area contributed by atoms with Crippen LogP contribution in [0.4, 0.5) is 16.5 Å². The Balaban J connectivity index is 1.74. The van der Waals surface area contributed by atoms with Crippen molar-refractivity contribution in [1.82, 2.24) is 4.98 Å². The first-order valence-electron chi connectivity index (χ1n) is 7.53. The predicted molar refractivity (Wildman–Crippen MR) is 103 cm³/mol. The standard InChI is InChI=1S/C18H14ClN3O3S/c1-25-17(24)13-7-2-3-8-14(13)21-16(23)15-10-26-18(22-15)20-12-6-4-5-11(19)9-12/h2-10H,1H3,(H,20,22)(H,21,23). The van der Waals surface area contributed by atoms with Gasteiger partial charge in [0.15, 0.2) is 5.13 Å². The first-order chi connectivity index (χ1) is 12.6. The molecule has 8 heteroatoms. The van der Waals surface area contributed by atoms with Gasteiger partial charge in [-0.1, -0.05) is 29.8 Å². The van der Waals surface area contributed by atoms with Gasteiger partial charge < -0.3 is 15.4 Å². The van der Waals surface area contributed by atoms with Gasteiger partial charge in [-0.15, -0.1) is 11.3 Å². The van der Waals surface area contributed by atoms with Crippen molar-refractivity contribution in [2.45, 2.75) is 0 Å². The van der Waals surface area contributed by atoms with Crippen LogP contribution < -0.4 is 10.6 Å². The summed E-state index contributed by atoms with van der Waals surface area (Å²) >= 11 is 7.24. The van der Waals surface area contributed by atoms with Crippen LogP contribution in [-0.4, -0.2) is 24.0 Å². The van der Waals surface area contributed by atoms with Crippen LogP contribution in [0.1, 0.15) is 20.8 Å². The van der Waals surface area contributed by atoms with Gasteiger partial charge in [0, 0.05) is 16.1 Å². The number of halogens is 1. The second kappa shape index (κ2) is 7.99. The first-order valence-corrected chi connectivity index (χ1v) is 8.79. The average Bonchev–Trinajstić information content (AvgIpc) is 3.10. The van der Waals surface area contributed by atoms with Crippen LogP contribution in [0.3, 0.4) is 0 Å². The van der Waals surface area contributed by atoms with Crippen molar-refractivity contribution in [1.29, 1.82) is 0 Å². The molecule has 1 heterocycles. The van der Waals surface area contributed by atoms with Crippen LogP contribution in [-0.2, 0) is 4.74 Å². The lowest BCUT2D eigenvalue weighted by Gasteiger charge is -2.08. The fraction of sp³-hybridized carbons (Fsp3) is 0.0556. The summed E-state index contributed by atoms with van der Waals surface area (Å²) in [5.41, 5.74) is 1.64. The molecule has 26 heavy (non-hydrogen) atoms. The lowest BCUT2D eigenvalue weighted by atomic mass is 10.2. The maximum Gasteiger partial charge on any atom is 0.339 e. The smallest absolute Gasteiger partial charge is 0.339 e. The molecule has 132 valence electrons. The van der Waals surface area contributed by atoms with Gasteiger partial charge in [-0.2, -0.15) is 0 Å². The van der Waals surface area contributed by atoms with E-state index in [1.165, 1.54) is 18.4 Å². The summed E-state index contributed by atoms with van der Waals surface area (Å²) in [5, 5.41) is 8.56. The summed E-state index contributed by atoms with van der Waals surface area (Å²) in [6, 6.07) is 13.8. The number of ether oxygens (including phenoxy) is 1. The fourth-order valence-corrected chi connectivity index (χ4v) is 3.09. The molecule has 3 rings (SSSR count). The number of hydrogen-bond donors (Lipinski definition) is 2. The Morgan fingerprint density at radius 1 is 1.15 bits per heavy atom. The fourth-order valence-electron chi connectivity index (χ4n) is 2.19. The third-order valence-corrected chi connectivity index (χ3v) is 4.39. The number of rotatable bonds is 5. The molecule has 0 bridgehead atoms. The van der Waals surface area contributed by atoms with Gasteiger partial charge in [-0.3, -0.25) is 4.79 Å². The normalized spacial score (nSPS) is 10.2. The highest BCUT2D eigenvalue weighted by Gasteiger charge is 2.16. The maximum absolute atomic E-state index is 12.4. The SMILES string of the molecule is COC(=O)c1ccccc1NC(=O)c1csc(Nc2cccc(Cl)c2)n1. The largest absolute Gasteiger partial charge is 0.465 e. The summed E-state index contributed by atoms with van der Waals surface area (Å²) < 4.78 is 4.72. The zero-order valence-electron chi connectivity index (χ0n) is 13.7. The molecule has 0 atom stereocenters. The summed E-state index contributed by atoms with van der Waals surface area (Å²) in [6.07, 6.45) is 0. The zero-order chi connectivity index (χ0) is 18.5. The number of nitrogens with zero attached hydrogens (tertiary/aromatic N) is 1. The number of carbonyl (C=O) groups is 2. The van der Waals surface area contributed by atoms with Crippen molar-refractivity contribution in [3.8, 4) is 0 Å². The number of anilines is 3. The Morgan fingerprint density at radius 2 is 1.96 bits per heavy atom. The number of esters is 1. The van der Waals surface area contributed by atoms with E-state index in [2.05, 4.69) is 15.6 Å². The van der Waals surface area contributed by atoms with Crippen LogP contribution >= 0.6 is 22.9 Å². The van der Waals surface area contributed by atoms with Gasteiger partial charge in [0.25, 0.3) is 5.91 Å². The van der Waals surface area contributed by atoms with Crippen molar-refractivity contribution in [2.24, 2.45) is 0 Å². The molecule has 6 nitrogen and oxygen atoms in total. The number of amides is 1. The Kier molecular flexibility index (Phi) is 5.50. The molecule has 0 radical (unpaired) electrons. The Labute approximate surface area is 158 Å². The monoisotopic (exact) mass is 387 g/mol. The molecule has 0 aliphatic carbocycles. The van der Waals surface area contributed by atoms with Crippen molar-refractivity contribution in [3.05, 3.63) is 70.2 Å². The number of aromatic nitrogens is 1. The van der Waals surface area contributed by atoms with E-state index in [0.29, 0.717) is 15.8 Å². The molecule has 0 fully saturated rings. The third-order valence-electron chi connectivity index (χ3n) is 3.39. The highest BCUT2D eigenvalue weighted by molar-refractivity contribution is 7.14. The zero-order valence-corrected chi connectivity index (χ0v) is 15.2. The minimum absolute atomic E-state index is 0.235. The van der Waals surface area contributed by atoms with E-state index in [-0.39, 0.29) is 11.3 Å². The second-order valence-corrected chi connectivity index (χ2v) is 6.46. The maximum atomic E-state index is 12.4. The first kappa shape index (κ1) is 17.9. The van der Waals surface area contributed by atoms with E-state index in [0.717, 1.165) is 5.69 Å². The molecule has 0 aliphatic heterocycles. The lowest BCUT2D eigenvalue weighted by Crippen LogP contribution is -2.15. The summed E-state index contributed by atoms with van der Waals surface area (Å²) in [5.74, 6) is -0.945. The van der Waals surface area contributed by atoms with Crippen molar-refractivity contribution in [2.75, 3.05) is 17.7 Å². The minimum Gasteiger partial charge on any atom is -0.465 e. The molecule has 0 unspecified atom stereocenters. The minimum atomic E-state index is -0.525.